The lowest BCUT2D eigenvalue weighted by molar-refractivity contribution is 0.102. The Bertz CT molecular complexity index is 1230. The van der Waals surface area contributed by atoms with Crippen molar-refractivity contribution in [1.82, 2.24) is 9.55 Å². The highest BCUT2D eigenvalue weighted by Gasteiger charge is 2.16. The Kier molecular flexibility index (Phi) is 5.74. The molecule has 144 valence electrons. The fraction of sp³-hybridized carbons (Fsp3) is 0.0870. The minimum atomic E-state index is -0.108. The molecule has 0 fully saturated rings. The molecule has 0 radical (unpaired) electrons. The summed E-state index contributed by atoms with van der Waals surface area (Å²) in [6.45, 7) is 4.10. The zero-order valence-electron chi connectivity index (χ0n) is 15.6. The first-order valence-corrected chi connectivity index (χ1v) is 10.9. The molecule has 6 heteroatoms. The first kappa shape index (κ1) is 19.4. The molecule has 0 N–H and O–H groups in total. The topological polar surface area (TPSA) is 52.0 Å². The summed E-state index contributed by atoms with van der Waals surface area (Å²) >= 11 is 2.77. The summed E-state index contributed by atoms with van der Waals surface area (Å²) in [7, 11) is 0. The third-order valence-corrected chi connectivity index (χ3v) is 6.47. The number of nitrogens with zero attached hydrogens (tertiary/aromatic N) is 2. The highest BCUT2D eigenvalue weighted by molar-refractivity contribution is 7.99. The van der Waals surface area contributed by atoms with Gasteiger partial charge in [-0.3, -0.25) is 14.2 Å². The standard InChI is InChI=1S/C23H18N2O2S2/c1-2-13-25-22(27)18-14-20(17-11-7-4-8-12-17)29-21(18)24-23(25)28-15-19(26)16-9-5-3-6-10-16/h2-12,14H,1,13,15H2. The van der Waals surface area contributed by atoms with Gasteiger partial charge in [-0.2, -0.15) is 0 Å². The van der Waals surface area contributed by atoms with Gasteiger partial charge >= 0.3 is 0 Å². The third-order valence-electron chi connectivity index (χ3n) is 4.41. The highest BCUT2D eigenvalue weighted by atomic mass is 32.2. The van der Waals surface area contributed by atoms with E-state index in [-0.39, 0.29) is 17.1 Å². The largest absolute Gasteiger partial charge is 0.293 e. The molecule has 0 aliphatic heterocycles. The number of allylic oxidation sites excluding steroid dienone is 1. The van der Waals surface area contributed by atoms with Crippen LogP contribution in [-0.4, -0.2) is 21.1 Å². The Labute approximate surface area is 176 Å². The van der Waals surface area contributed by atoms with Crippen LogP contribution in [0.3, 0.4) is 0 Å². The van der Waals surface area contributed by atoms with Gasteiger partial charge in [-0.25, -0.2) is 4.98 Å². The second-order valence-corrected chi connectivity index (χ2v) is 8.35. The summed E-state index contributed by atoms with van der Waals surface area (Å²) in [5, 5.41) is 1.13. The van der Waals surface area contributed by atoms with Gasteiger partial charge in [0.15, 0.2) is 10.9 Å². The van der Waals surface area contributed by atoms with Crippen LogP contribution in [0.1, 0.15) is 10.4 Å². The molecule has 4 rings (SSSR count). The van der Waals surface area contributed by atoms with Crippen LogP contribution in [-0.2, 0) is 6.54 Å². The number of carbonyl (C=O) groups is 1. The molecule has 0 unspecified atom stereocenters. The molecule has 0 amide bonds. The van der Waals surface area contributed by atoms with Crippen molar-refractivity contribution in [2.75, 3.05) is 5.75 Å². The zero-order valence-corrected chi connectivity index (χ0v) is 17.2. The zero-order chi connectivity index (χ0) is 20.2. The molecular formula is C23H18N2O2S2. The van der Waals surface area contributed by atoms with Crippen molar-refractivity contribution < 1.29 is 4.79 Å². The maximum absolute atomic E-state index is 13.1. The Morgan fingerprint density at radius 2 is 1.79 bits per heavy atom. The minimum Gasteiger partial charge on any atom is -0.293 e. The Morgan fingerprint density at radius 3 is 2.48 bits per heavy atom. The van der Waals surface area contributed by atoms with Gasteiger partial charge < -0.3 is 0 Å². The molecule has 29 heavy (non-hydrogen) atoms. The summed E-state index contributed by atoms with van der Waals surface area (Å²) in [6, 6.07) is 21.0. The molecule has 0 saturated heterocycles. The number of fused-ring (bicyclic) bond motifs is 1. The maximum Gasteiger partial charge on any atom is 0.263 e. The highest BCUT2D eigenvalue weighted by Crippen LogP contribution is 2.32. The molecule has 2 aromatic heterocycles. The van der Waals surface area contributed by atoms with Gasteiger partial charge in [-0.15, -0.1) is 17.9 Å². The van der Waals surface area contributed by atoms with Gasteiger partial charge in [0.25, 0.3) is 5.56 Å². The van der Waals surface area contributed by atoms with Crippen LogP contribution < -0.4 is 5.56 Å². The predicted octanol–water partition coefficient (Wildman–Crippen LogP) is 5.29. The maximum atomic E-state index is 13.1. The number of carbonyl (C=O) groups excluding carboxylic acids is 1. The van der Waals surface area contributed by atoms with E-state index in [0.29, 0.717) is 27.5 Å². The van der Waals surface area contributed by atoms with E-state index in [4.69, 9.17) is 4.98 Å². The van der Waals surface area contributed by atoms with Crippen molar-refractivity contribution in [3.63, 3.8) is 0 Å². The Balaban J connectivity index is 1.70. The summed E-state index contributed by atoms with van der Waals surface area (Å²) < 4.78 is 1.58. The van der Waals surface area contributed by atoms with Crippen LogP contribution in [0.2, 0.25) is 0 Å². The van der Waals surface area contributed by atoms with Crippen molar-refractivity contribution >= 4 is 39.1 Å². The van der Waals surface area contributed by atoms with Crippen molar-refractivity contribution in [3.05, 3.63) is 95.3 Å². The Hall–Kier alpha value is -2.96. The van der Waals surface area contributed by atoms with Gasteiger partial charge in [0.1, 0.15) is 4.83 Å². The van der Waals surface area contributed by atoms with Gasteiger partial charge in [0, 0.05) is 17.0 Å². The van der Waals surface area contributed by atoms with Crippen LogP contribution in [0.15, 0.2) is 89.3 Å². The van der Waals surface area contributed by atoms with Crippen LogP contribution in [0.5, 0.6) is 0 Å². The van der Waals surface area contributed by atoms with Crippen LogP contribution in [0.4, 0.5) is 0 Å². The molecular weight excluding hydrogens is 400 g/mol. The smallest absolute Gasteiger partial charge is 0.263 e. The molecule has 0 spiro atoms. The molecule has 4 nitrogen and oxygen atoms in total. The number of thioether (sulfide) groups is 1. The summed E-state index contributed by atoms with van der Waals surface area (Å²) in [5.41, 5.74) is 1.60. The second-order valence-electron chi connectivity index (χ2n) is 6.37. The third kappa shape index (κ3) is 4.09. The van der Waals surface area contributed by atoms with Crippen molar-refractivity contribution in [1.29, 1.82) is 0 Å². The molecule has 0 aliphatic rings. The lowest BCUT2D eigenvalue weighted by atomic mass is 10.2. The van der Waals surface area contributed by atoms with E-state index >= 15 is 0 Å². The second kappa shape index (κ2) is 8.59. The number of thiophene rings is 1. The first-order valence-electron chi connectivity index (χ1n) is 9.09. The fourth-order valence-electron chi connectivity index (χ4n) is 2.98. The fourth-order valence-corrected chi connectivity index (χ4v) is 4.96. The van der Waals surface area contributed by atoms with E-state index < -0.39 is 0 Å². The molecule has 2 heterocycles. The van der Waals surface area contributed by atoms with Crippen LogP contribution in [0, 0.1) is 0 Å². The van der Waals surface area contributed by atoms with Crippen LogP contribution >= 0.6 is 23.1 Å². The normalized spacial score (nSPS) is 10.9. The number of ketones is 1. The molecule has 0 bridgehead atoms. The van der Waals surface area contributed by atoms with Gasteiger partial charge in [0.05, 0.1) is 11.1 Å². The van der Waals surface area contributed by atoms with Gasteiger partial charge in [-0.05, 0) is 11.6 Å². The predicted molar refractivity (Wildman–Crippen MR) is 121 cm³/mol. The van der Waals surface area contributed by atoms with E-state index in [0.717, 1.165) is 10.4 Å². The molecule has 0 saturated carbocycles. The lowest BCUT2D eigenvalue weighted by Gasteiger charge is -2.09. The number of Topliss-reactive ketones (excluding diaryl/α,β-unsaturated/α-hetero) is 1. The number of hydrogen-bond acceptors (Lipinski definition) is 5. The minimum absolute atomic E-state index is 0.00579. The number of rotatable bonds is 7. The van der Waals surface area contributed by atoms with Crippen molar-refractivity contribution in [2.24, 2.45) is 0 Å². The van der Waals surface area contributed by atoms with Gasteiger partial charge in [0.2, 0.25) is 0 Å². The van der Waals surface area contributed by atoms with E-state index in [9.17, 15) is 9.59 Å². The molecule has 4 aromatic rings. The summed E-state index contributed by atoms with van der Waals surface area (Å²) in [6.07, 6.45) is 1.67. The number of benzene rings is 2. The van der Waals surface area contributed by atoms with E-state index in [2.05, 4.69) is 6.58 Å². The number of aromatic nitrogens is 2. The molecule has 0 atom stereocenters. The lowest BCUT2D eigenvalue weighted by Crippen LogP contribution is -2.22. The average molecular weight is 419 g/mol. The van der Waals surface area contributed by atoms with E-state index in [1.165, 1.54) is 23.1 Å². The van der Waals surface area contributed by atoms with Crippen LogP contribution in [0.25, 0.3) is 20.7 Å². The van der Waals surface area contributed by atoms with Crippen molar-refractivity contribution in [3.8, 4) is 10.4 Å². The quantitative estimate of drug-likeness (QED) is 0.177. The monoisotopic (exact) mass is 418 g/mol. The molecule has 0 aliphatic carbocycles. The summed E-state index contributed by atoms with van der Waals surface area (Å²) in [5.74, 6) is 0.224. The van der Waals surface area contributed by atoms with Gasteiger partial charge in [-0.1, -0.05) is 78.5 Å². The Morgan fingerprint density at radius 1 is 1.10 bits per heavy atom. The van der Waals surface area contributed by atoms with Crippen molar-refractivity contribution in [2.45, 2.75) is 11.7 Å². The summed E-state index contributed by atoms with van der Waals surface area (Å²) in [4.78, 5) is 31.9. The van der Waals surface area contributed by atoms with E-state index in [1.807, 2.05) is 54.6 Å². The SMILES string of the molecule is C=CCn1c(SCC(=O)c2ccccc2)nc2sc(-c3ccccc3)cc2c1=O. The first-order chi connectivity index (χ1) is 14.2. The number of hydrogen-bond donors (Lipinski definition) is 0. The molecule has 2 aromatic carbocycles. The van der Waals surface area contributed by atoms with E-state index in [1.54, 1.807) is 22.8 Å². The average Bonchev–Trinajstić information content (AvgIpc) is 3.20.